The molecule has 0 unspecified atom stereocenters. The summed E-state index contributed by atoms with van der Waals surface area (Å²) in [6.45, 7) is 0. The van der Waals surface area contributed by atoms with Crippen LogP contribution < -0.4 is 0 Å². The summed E-state index contributed by atoms with van der Waals surface area (Å²) in [5.74, 6) is 0. The topological polar surface area (TPSA) is 38.7 Å². The highest BCUT2D eigenvalue weighted by Gasteiger charge is 2.15. The summed E-state index contributed by atoms with van der Waals surface area (Å²) in [5, 5.41) is 12.9. The number of rotatable bonds is 4. The molecule has 0 aliphatic rings. The first-order valence-corrected chi connectivity index (χ1v) is 19.7. The number of benzene rings is 9. The van der Waals surface area contributed by atoms with Crippen LogP contribution in [0.15, 0.2) is 200 Å². The maximum Gasteiger partial charge on any atom is 0.0716 e. The minimum atomic E-state index is 0.919. The summed E-state index contributed by atoms with van der Waals surface area (Å²) in [6, 6.07) is 71.8. The lowest BCUT2D eigenvalue weighted by Gasteiger charge is -2.15. The van der Waals surface area contributed by atoms with Crippen LogP contribution in [0.4, 0.5) is 0 Å². The quantitative estimate of drug-likeness (QED) is 0.169. The molecule has 268 valence electrons. The Bertz CT molecular complexity index is 3500. The van der Waals surface area contributed by atoms with Crippen LogP contribution in [0.1, 0.15) is 0 Å². The molecule has 9 aromatic carbocycles. The highest BCUT2D eigenvalue weighted by Crippen LogP contribution is 2.39. The number of nitrogens with zero attached hydrogens (tertiary/aromatic N) is 3. The Balaban J connectivity index is 1.07. The Labute approximate surface area is 334 Å². The van der Waals surface area contributed by atoms with Crippen LogP contribution in [0.25, 0.3) is 121 Å². The van der Waals surface area contributed by atoms with E-state index in [0.29, 0.717) is 0 Å². The second-order valence-corrected chi connectivity index (χ2v) is 15.3. The van der Waals surface area contributed by atoms with E-state index in [1.807, 2.05) is 0 Å². The average molecular weight is 736 g/mol. The van der Waals surface area contributed by atoms with E-state index in [2.05, 4.69) is 200 Å². The Morgan fingerprint density at radius 1 is 0.224 bits per heavy atom. The van der Waals surface area contributed by atoms with Crippen molar-refractivity contribution in [2.75, 3.05) is 0 Å². The van der Waals surface area contributed by atoms with Crippen LogP contribution in [0, 0.1) is 0 Å². The number of hydrogen-bond donors (Lipinski definition) is 0. The Morgan fingerprint density at radius 3 is 1.07 bits per heavy atom. The van der Waals surface area contributed by atoms with Gasteiger partial charge in [0.2, 0.25) is 0 Å². The largest absolute Gasteiger partial charge is 0.248 e. The van der Waals surface area contributed by atoms with Gasteiger partial charge in [-0.2, -0.15) is 0 Å². The van der Waals surface area contributed by atoms with Gasteiger partial charge >= 0.3 is 0 Å². The van der Waals surface area contributed by atoms with E-state index in [9.17, 15) is 0 Å². The molecule has 3 heterocycles. The first-order valence-electron chi connectivity index (χ1n) is 19.7. The number of hydrogen-bond acceptors (Lipinski definition) is 3. The number of fused-ring (bicyclic) bond motifs is 7. The average Bonchev–Trinajstić information content (AvgIpc) is 3.28. The van der Waals surface area contributed by atoms with Crippen LogP contribution in [-0.4, -0.2) is 15.0 Å². The Morgan fingerprint density at radius 2 is 0.586 bits per heavy atom. The minimum Gasteiger partial charge on any atom is -0.248 e. The number of pyridine rings is 3. The third-order valence-corrected chi connectivity index (χ3v) is 11.7. The van der Waals surface area contributed by atoms with Gasteiger partial charge < -0.3 is 0 Å². The van der Waals surface area contributed by atoms with Gasteiger partial charge in [0.15, 0.2) is 0 Å². The summed E-state index contributed by atoms with van der Waals surface area (Å²) < 4.78 is 0. The van der Waals surface area contributed by atoms with Gasteiger partial charge in [-0.3, -0.25) is 0 Å². The molecule has 0 atom stereocenters. The molecule has 3 heteroatoms. The van der Waals surface area contributed by atoms with Crippen LogP contribution >= 0.6 is 0 Å². The second kappa shape index (κ2) is 12.9. The van der Waals surface area contributed by atoms with E-state index in [-0.39, 0.29) is 0 Å². The smallest absolute Gasteiger partial charge is 0.0716 e. The maximum absolute atomic E-state index is 5.29. The van der Waals surface area contributed by atoms with Gasteiger partial charge in [0, 0.05) is 32.8 Å². The zero-order valence-electron chi connectivity index (χ0n) is 31.4. The van der Waals surface area contributed by atoms with Gasteiger partial charge in [0.1, 0.15) is 0 Å². The molecule has 0 fully saturated rings. The summed E-state index contributed by atoms with van der Waals surface area (Å²) in [5.41, 5.74) is 11.1. The monoisotopic (exact) mass is 735 g/mol. The van der Waals surface area contributed by atoms with E-state index in [0.717, 1.165) is 83.0 Å². The molecule has 12 rings (SSSR count). The fourth-order valence-electron chi connectivity index (χ4n) is 8.69. The van der Waals surface area contributed by atoms with E-state index in [1.54, 1.807) is 0 Å². The fourth-order valence-corrected chi connectivity index (χ4v) is 8.69. The Hall–Kier alpha value is -7.75. The zero-order valence-corrected chi connectivity index (χ0v) is 31.4. The lowest BCUT2D eigenvalue weighted by atomic mass is 9.92. The van der Waals surface area contributed by atoms with Gasteiger partial charge in [-0.25, -0.2) is 15.0 Å². The molecule has 3 aromatic heterocycles. The minimum absolute atomic E-state index is 0.919. The van der Waals surface area contributed by atoms with Gasteiger partial charge in [-0.1, -0.05) is 115 Å². The first-order chi connectivity index (χ1) is 28.6. The predicted molar refractivity (Wildman–Crippen MR) is 244 cm³/mol. The lowest BCUT2D eigenvalue weighted by molar-refractivity contribution is 1.38. The molecule has 0 radical (unpaired) electrons. The number of aromatic nitrogens is 3. The van der Waals surface area contributed by atoms with Crippen molar-refractivity contribution >= 4 is 75.8 Å². The van der Waals surface area contributed by atoms with Gasteiger partial charge in [-0.05, 0) is 139 Å². The van der Waals surface area contributed by atoms with Crippen LogP contribution in [-0.2, 0) is 0 Å². The van der Waals surface area contributed by atoms with Crippen LogP contribution in [0.2, 0.25) is 0 Å². The SMILES string of the molecule is c1ccc2cc3nc(-c4cc(-c5cc(-c6ccc7cc8ccccc8cc7n6)c6ccccc6c5)cc(-c5ccc6cc7ccccc7cc6n5)c4)ccc3cc2c1. The molecule has 58 heavy (non-hydrogen) atoms. The highest BCUT2D eigenvalue weighted by molar-refractivity contribution is 6.03. The molecule has 0 aliphatic heterocycles. The fraction of sp³-hybridized carbons (Fsp3) is 0. The molecule has 0 N–H and O–H groups in total. The first kappa shape index (κ1) is 32.5. The van der Waals surface area contributed by atoms with Crippen molar-refractivity contribution in [3.8, 4) is 44.9 Å². The molecule has 12 aromatic rings. The molecular weight excluding hydrogens is 703 g/mol. The zero-order chi connectivity index (χ0) is 38.2. The molecule has 0 bridgehead atoms. The van der Waals surface area contributed by atoms with E-state index in [1.165, 1.54) is 37.7 Å². The lowest BCUT2D eigenvalue weighted by Crippen LogP contribution is -1.93. The second-order valence-electron chi connectivity index (χ2n) is 15.3. The molecular formula is C55H33N3. The van der Waals surface area contributed by atoms with Gasteiger partial charge in [-0.15, -0.1) is 0 Å². The summed E-state index contributed by atoms with van der Waals surface area (Å²) >= 11 is 0. The van der Waals surface area contributed by atoms with Crippen molar-refractivity contribution < 1.29 is 0 Å². The molecule has 0 aliphatic carbocycles. The highest BCUT2D eigenvalue weighted by atomic mass is 14.7. The van der Waals surface area contributed by atoms with Crippen molar-refractivity contribution in [3.63, 3.8) is 0 Å². The standard InChI is InChI=1S/C55H33N3/c1-4-12-37-31-53-41(23-34(37)9-1)17-20-50(56-53)46-27-44(28-47(29-46)51-21-18-42-24-35-10-2-5-13-38(35)32-54(42)57-51)45-26-40-15-7-8-16-48(40)49(30-45)52-22-19-43-25-36-11-3-6-14-39(36)33-55(43)58-52/h1-33H. The Kier molecular flexibility index (Phi) is 7.23. The molecule has 0 spiro atoms. The van der Waals surface area contributed by atoms with Crippen LogP contribution in [0.5, 0.6) is 0 Å². The normalized spacial score (nSPS) is 11.8. The molecule has 0 saturated carbocycles. The van der Waals surface area contributed by atoms with Crippen molar-refractivity contribution in [1.82, 2.24) is 15.0 Å². The van der Waals surface area contributed by atoms with E-state index < -0.39 is 0 Å². The van der Waals surface area contributed by atoms with E-state index >= 15 is 0 Å². The summed E-state index contributed by atoms with van der Waals surface area (Å²) in [7, 11) is 0. The van der Waals surface area contributed by atoms with Crippen molar-refractivity contribution in [1.29, 1.82) is 0 Å². The summed E-state index contributed by atoms with van der Waals surface area (Å²) in [4.78, 5) is 15.9. The predicted octanol–water partition coefficient (Wildman–Crippen LogP) is 14.6. The molecule has 0 saturated heterocycles. The van der Waals surface area contributed by atoms with Gasteiger partial charge in [0.25, 0.3) is 0 Å². The van der Waals surface area contributed by atoms with Crippen molar-refractivity contribution in [3.05, 3.63) is 200 Å². The molecule has 3 nitrogen and oxygen atoms in total. The molecule has 0 amide bonds. The van der Waals surface area contributed by atoms with Crippen molar-refractivity contribution in [2.24, 2.45) is 0 Å². The van der Waals surface area contributed by atoms with Gasteiger partial charge in [0.05, 0.1) is 33.6 Å². The van der Waals surface area contributed by atoms with E-state index in [4.69, 9.17) is 15.0 Å². The third-order valence-electron chi connectivity index (χ3n) is 11.7. The van der Waals surface area contributed by atoms with Crippen LogP contribution in [0.3, 0.4) is 0 Å². The maximum atomic E-state index is 5.29. The van der Waals surface area contributed by atoms with Crippen molar-refractivity contribution in [2.45, 2.75) is 0 Å². The third kappa shape index (κ3) is 5.56. The summed E-state index contributed by atoms with van der Waals surface area (Å²) in [6.07, 6.45) is 0.